The molecule has 1 aliphatic carbocycles. The average Bonchev–Trinajstić information content (AvgIpc) is 2.83. The first kappa shape index (κ1) is 8.10. The Hall–Kier alpha value is -1.52. The second-order valence-electron chi connectivity index (χ2n) is 3.28. The highest BCUT2D eigenvalue weighted by Gasteiger charge is 2.31. The van der Waals surface area contributed by atoms with Gasteiger partial charge in [-0.05, 0) is 12.8 Å². The van der Waals surface area contributed by atoms with Crippen molar-refractivity contribution in [2.45, 2.75) is 18.8 Å². The van der Waals surface area contributed by atoms with Crippen LogP contribution in [0.25, 0.3) is 0 Å². The second kappa shape index (κ2) is 2.48. The summed E-state index contributed by atoms with van der Waals surface area (Å²) < 4.78 is 1.45. The number of nitrogens with zero attached hydrogens (tertiary/aromatic N) is 2. The number of rotatable bonds is 2. The highest BCUT2D eigenvalue weighted by atomic mass is 16.4. The highest BCUT2D eigenvalue weighted by molar-refractivity contribution is 5.88. The van der Waals surface area contributed by atoms with Gasteiger partial charge < -0.3 is 14.8 Å². The zero-order valence-electron chi connectivity index (χ0n) is 7.19. The fourth-order valence-electron chi connectivity index (χ4n) is 1.36. The minimum absolute atomic E-state index is 0.246. The standard InChI is InChI=1S/C8H10N2O3/c1-10-6(4-2-3-4)9-5(7(10)11)8(12)13/h4,11H,2-3H2,1H3,(H,12,13). The molecule has 0 atom stereocenters. The number of imidazole rings is 1. The van der Waals surface area contributed by atoms with Gasteiger partial charge in [-0.3, -0.25) is 0 Å². The van der Waals surface area contributed by atoms with Gasteiger partial charge in [0.1, 0.15) is 5.82 Å². The molecule has 1 aromatic rings. The summed E-state index contributed by atoms with van der Waals surface area (Å²) >= 11 is 0. The molecule has 70 valence electrons. The Morgan fingerprint density at radius 3 is 2.62 bits per heavy atom. The van der Waals surface area contributed by atoms with E-state index in [9.17, 15) is 9.90 Å². The molecule has 2 N–H and O–H groups in total. The molecule has 5 heteroatoms. The van der Waals surface area contributed by atoms with Crippen LogP contribution in [0.2, 0.25) is 0 Å². The van der Waals surface area contributed by atoms with E-state index in [2.05, 4.69) is 4.98 Å². The van der Waals surface area contributed by atoms with E-state index in [1.165, 1.54) is 4.57 Å². The number of carbonyl (C=O) groups is 1. The first-order chi connectivity index (χ1) is 6.11. The number of aromatic nitrogens is 2. The fraction of sp³-hybridized carbons (Fsp3) is 0.500. The van der Waals surface area contributed by atoms with Gasteiger partial charge in [-0.2, -0.15) is 0 Å². The van der Waals surface area contributed by atoms with E-state index in [1.807, 2.05) is 0 Å². The maximum atomic E-state index is 10.6. The minimum atomic E-state index is -1.18. The van der Waals surface area contributed by atoms with Crippen molar-refractivity contribution >= 4 is 5.97 Å². The molecule has 0 saturated heterocycles. The zero-order valence-corrected chi connectivity index (χ0v) is 7.19. The Bertz CT molecular complexity index is 366. The predicted molar refractivity (Wildman–Crippen MR) is 43.8 cm³/mol. The number of carboxylic acid groups (broad SMARTS) is 1. The highest BCUT2D eigenvalue weighted by Crippen LogP contribution is 2.40. The lowest BCUT2D eigenvalue weighted by molar-refractivity contribution is 0.0687. The fourth-order valence-corrected chi connectivity index (χ4v) is 1.36. The van der Waals surface area contributed by atoms with Gasteiger partial charge in [-0.1, -0.05) is 0 Å². The summed E-state index contributed by atoms with van der Waals surface area (Å²) in [4.78, 5) is 14.5. The van der Waals surface area contributed by atoms with Crippen LogP contribution >= 0.6 is 0 Å². The Morgan fingerprint density at radius 2 is 2.23 bits per heavy atom. The van der Waals surface area contributed by atoms with Crippen LogP contribution in [-0.4, -0.2) is 25.7 Å². The van der Waals surface area contributed by atoms with Crippen molar-refractivity contribution in [2.24, 2.45) is 7.05 Å². The molecule has 0 bridgehead atoms. The van der Waals surface area contributed by atoms with Crippen LogP contribution < -0.4 is 0 Å². The van der Waals surface area contributed by atoms with Crippen LogP contribution in [0.4, 0.5) is 0 Å². The minimum Gasteiger partial charge on any atom is -0.493 e. The van der Waals surface area contributed by atoms with E-state index in [0.29, 0.717) is 11.7 Å². The lowest BCUT2D eigenvalue weighted by atomic mass is 10.4. The summed E-state index contributed by atoms with van der Waals surface area (Å²) in [5.74, 6) is -0.423. The van der Waals surface area contributed by atoms with E-state index < -0.39 is 5.97 Å². The maximum absolute atomic E-state index is 10.6. The smallest absolute Gasteiger partial charge is 0.360 e. The normalized spacial score (nSPS) is 16.1. The SMILES string of the molecule is Cn1c(C2CC2)nc(C(=O)O)c1O. The van der Waals surface area contributed by atoms with Gasteiger partial charge in [0.05, 0.1) is 0 Å². The van der Waals surface area contributed by atoms with Gasteiger partial charge in [-0.15, -0.1) is 0 Å². The van der Waals surface area contributed by atoms with E-state index in [-0.39, 0.29) is 11.6 Å². The van der Waals surface area contributed by atoms with Crippen molar-refractivity contribution in [1.82, 2.24) is 9.55 Å². The first-order valence-corrected chi connectivity index (χ1v) is 4.10. The number of carboxylic acids is 1. The Labute approximate surface area is 74.6 Å². The third-order valence-corrected chi connectivity index (χ3v) is 2.24. The summed E-state index contributed by atoms with van der Waals surface area (Å²) in [6.07, 6.45) is 2.06. The van der Waals surface area contributed by atoms with Gasteiger partial charge in [0, 0.05) is 13.0 Å². The monoisotopic (exact) mass is 182 g/mol. The van der Waals surface area contributed by atoms with Crippen LogP contribution in [0.1, 0.15) is 35.1 Å². The average molecular weight is 182 g/mol. The van der Waals surface area contributed by atoms with Crippen LogP contribution in [-0.2, 0) is 7.05 Å². The van der Waals surface area contributed by atoms with E-state index in [0.717, 1.165) is 12.8 Å². The van der Waals surface area contributed by atoms with Crippen molar-refractivity contribution in [1.29, 1.82) is 0 Å². The molecule has 1 aliphatic rings. The summed E-state index contributed by atoms with van der Waals surface area (Å²) in [6, 6.07) is 0. The largest absolute Gasteiger partial charge is 0.493 e. The van der Waals surface area contributed by atoms with Crippen LogP contribution in [0.15, 0.2) is 0 Å². The second-order valence-corrected chi connectivity index (χ2v) is 3.28. The Balaban J connectivity index is 2.48. The zero-order chi connectivity index (χ0) is 9.59. The molecule has 13 heavy (non-hydrogen) atoms. The summed E-state index contributed by atoms with van der Waals surface area (Å²) in [5, 5.41) is 18.1. The number of aromatic carboxylic acids is 1. The third-order valence-electron chi connectivity index (χ3n) is 2.24. The van der Waals surface area contributed by atoms with Crippen molar-refractivity contribution in [3.05, 3.63) is 11.5 Å². The molecule has 0 aromatic carbocycles. The van der Waals surface area contributed by atoms with Gasteiger partial charge >= 0.3 is 5.97 Å². The molecule has 0 amide bonds. The van der Waals surface area contributed by atoms with Crippen molar-refractivity contribution < 1.29 is 15.0 Å². The van der Waals surface area contributed by atoms with E-state index >= 15 is 0 Å². The number of aromatic hydroxyl groups is 1. The predicted octanol–water partition coefficient (Wildman–Crippen LogP) is 0.701. The molecule has 1 aromatic heterocycles. The lowest BCUT2D eigenvalue weighted by Crippen LogP contribution is -1.96. The molecule has 0 unspecified atom stereocenters. The molecule has 2 rings (SSSR count). The van der Waals surface area contributed by atoms with Crippen LogP contribution in [0.5, 0.6) is 5.88 Å². The molecule has 5 nitrogen and oxygen atoms in total. The molecular weight excluding hydrogens is 172 g/mol. The molecule has 1 fully saturated rings. The van der Waals surface area contributed by atoms with E-state index in [4.69, 9.17) is 5.11 Å². The van der Waals surface area contributed by atoms with Crippen molar-refractivity contribution in [3.8, 4) is 5.88 Å². The third kappa shape index (κ3) is 1.16. The molecule has 0 radical (unpaired) electrons. The van der Waals surface area contributed by atoms with Gasteiger partial charge in [-0.25, -0.2) is 9.78 Å². The Morgan fingerprint density at radius 1 is 1.62 bits per heavy atom. The summed E-state index contributed by atoms with van der Waals surface area (Å²) in [6.45, 7) is 0. The van der Waals surface area contributed by atoms with Gasteiger partial charge in [0.15, 0.2) is 0 Å². The molecular formula is C8H10N2O3. The molecule has 1 heterocycles. The number of hydrogen-bond donors (Lipinski definition) is 2. The topological polar surface area (TPSA) is 75.4 Å². The van der Waals surface area contributed by atoms with Crippen molar-refractivity contribution in [3.63, 3.8) is 0 Å². The maximum Gasteiger partial charge on any atom is 0.360 e. The van der Waals surface area contributed by atoms with Crippen LogP contribution in [0, 0.1) is 0 Å². The lowest BCUT2D eigenvalue weighted by Gasteiger charge is -1.97. The van der Waals surface area contributed by atoms with Crippen molar-refractivity contribution in [2.75, 3.05) is 0 Å². The molecule has 0 spiro atoms. The van der Waals surface area contributed by atoms with Crippen LogP contribution in [0.3, 0.4) is 0 Å². The molecule has 1 saturated carbocycles. The summed E-state index contributed by atoms with van der Waals surface area (Å²) in [7, 11) is 1.63. The summed E-state index contributed by atoms with van der Waals surface area (Å²) in [5.41, 5.74) is -0.246. The van der Waals surface area contributed by atoms with Gasteiger partial charge in [0.25, 0.3) is 0 Å². The Kier molecular flexibility index (Phi) is 1.55. The quantitative estimate of drug-likeness (QED) is 0.706. The first-order valence-electron chi connectivity index (χ1n) is 4.10. The molecule has 0 aliphatic heterocycles. The number of hydrogen-bond acceptors (Lipinski definition) is 3. The van der Waals surface area contributed by atoms with Gasteiger partial charge in [0.2, 0.25) is 11.6 Å². The van der Waals surface area contributed by atoms with E-state index in [1.54, 1.807) is 7.05 Å².